The van der Waals surface area contributed by atoms with Crippen LogP contribution in [0, 0.1) is 5.82 Å². The molecule has 8 heteroatoms. The van der Waals surface area contributed by atoms with Crippen molar-refractivity contribution in [2.24, 2.45) is 0 Å². The Balaban J connectivity index is 1.58. The largest absolute Gasteiger partial charge is 0.383 e. The lowest BCUT2D eigenvalue weighted by Crippen LogP contribution is -2.27. The number of nitrogen functional groups attached to an aromatic ring is 1. The summed E-state index contributed by atoms with van der Waals surface area (Å²) in [5, 5.41) is 11.5. The minimum atomic E-state index is -0.328. The van der Waals surface area contributed by atoms with Crippen LogP contribution in [0.3, 0.4) is 0 Å². The van der Waals surface area contributed by atoms with Gasteiger partial charge in [0.2, 0.25) is 0 Å². The van der Waals surface area contributed by atoms with E-state index in [0.717, 1.165) is 53.0 Å². The van der Waals surface area contributed by atoms with Crippen LogP contribution in [0.5, 0.6) is 0 Å². The topological polar surface area (TPSA) is 92.5 Å². The number of anilines is 1. The van der Waals surface area contributed by atoms with Gasteiger partial charge in [-0.2, -0.15) is 5.10 Å². The van der Waals surface area contributed by atoms with Gasteiger partial charge in [0, 0.05) is 28.9 Å². The maximum Gasteiger partial charge on any atom is 0.150 e. The van der Waals surface area contributed by atoms with E-state index < -0.39 is 0 Å². The van der Waals surface area contributed by atoms with Gasteiger partial charge in [0.15, 0.2) is 0 Å². The molecule has 0 atom stereocenters. The van der Waals surface area contributed by atoms with Crippen LogP contribution in [0.2, 0.25) is 0 Å². The Morgan fingerprint density at radius 2 is 2.00 bits per heavy atom. The summed E-state index contributed by atoms with van der Waals surface area (Å²) in [7, 11) is 0. The van der Waals surface area contributed by atoms with E-state index in [2.05, 4.69) is 25.5 Å². The molecule has 1 aliphatic heterocycles. The number of nitrogens with zero attached hydrogens (tertiary/aromatic N) is 3. The highest BCUT2D eigenvalue weighted by Crippen LogP contribution is 2.37. The van der Waals surface area contributed by atoms with Crippen LogP contribution in [0.4, 0.5) is 10.2 Å². The van der Waals surface area contributed by atoms with Crippen molar-refractivity contribution in [1.82, 2.24) is 25.5 Å². The van der Waals surface area contributed by atoms with Gasteiger partial charge in [0.25, 0.3) is 0 Å². The molecule has 142 valence electrons. The quantitative estimate of drug-likeness (QED) is 0.489. The summed E-state index contributed by atoms with van der Waals surface area (Å²) >= 11 is 1.41. The first-order valence-corrected chi connectivity index (χ1v) is 10.1. The average molecular weight is 394 g/mol. The van der Waals surface area contributed by atoms with Gasteiger partial charge in [-0.3, -0.25) is 5.10 Å². The molecule has 4 N–H and O–H groups in total. The second kappa shape index (κ2) is 6.96. The van der Waals surface area contributed by atoms with E-state index >= 15 is 0 Å². The first-order chi connectivity index (χ1) is 13.7. The van der Waals surface area contributed by atoms with Crippen LogP contribution in [0.15, 0.2) is 36.7 Å². The lowest BCUT2D eigenvalue weighted by Gasteiger charge is -2.22. The van der Waals surface area contributed by atoms with Gasteiger partial charge in [-0.05, 0) is 44.1 Å². The molecule has 1 aromatic carbocycles. The molecule has 28 heavy (non-hydrogen) atoms. The number of fused-ring (bicyclic) bond motifs is 1. The Hall–Kier alpha value is -2.84. The summed E-state index contributed by atoms with van der Waals surface area (Å²) < 4.78 is 14.8. The molecule has 6 nitrogen and oxygen atoms in total. The second-order valence-electron chi connectivity index (χ2n) is 6.98. The summed E-state index contributed by atoms with van der Waals surface area (Å²) in [6.07, 6.45) is 5.75. The molecule has 0 aliphatic carbocycles. The van der Waals surface area contributed by atoms with E-state index in [0.29, 0.717) is 22.3 Å². The molecule has 1 aliphatic rings. The van der Waals surface area contributed by atoms with E-state index in [1.807, 2.05) is 18.3 Å². The molecule has 0 amide bonds. The fourth-order valence-electron chi connectivity index (χ4n) is 3.77. The van der Waals surface area contributed by atoms with Crippen LogP contribution in [0.25, 0.3) is 31.9 Å². The molecule has 0 unspecified atom stereocenters. The minimum absolute atomic E-state index is 0.328. The van der Waals surface area contributed by atoms with Crippen molar-refractivity contribution in [3.05, 3.63) is 48.2 Å². The highest BCUT2D eigenvalue weighted by Gasteiger charge is 2.22. The molecular formula is C20H19FN6S. The third kappa shape index (κ3) is 2.94. The second-order valence-corrected chi connectivity index (χ2v) is 8.01. The van der Waals surface area contributed by atoms with Crippen LogP contribution < -0.4 is 11.1 Å². The average Bonchev–Trinajstić information content (AvgIpc) is 3.37. The Morgan fingerprint density at radius 1 is 1.14 bits per heavy atom. The zero-order chi connectivity index (χ0) is 19.1. The van der Waals surface area contributed by atoms with Crippen LogP contribution >= 0.6 is 11.3 Å². The van der Waals surface area contributed by atoms with Gasteiger partial charge >= 0.3 is 0 Å². The van der Waals surface area contributed by atoms with E-state index in [1.165, 1.54) is 17.4 Å². The van der Waals surface area contributed by atoms with Gasteiger partial charge in [0.1, 0.15) is 22.2 Å². The van der Waals surface area contributed by atoms with E-state index in [-0.39, 0.29) is 5.82 Å². The highest BCUT2D eigenvalue weighted by molar-refractivity contribution is 7.21. The van der Waals surface area contributed by atoms with E-state index in [1.54, 1.807) is 12.3 Å². The molecule has 0 spiro atoms. The number of nitrogens with two attached hydrogens (primary N) is 1. The molecule has 0 bridgehead atoms. The SMILES string of the molecule is Nc1ncc(-c2cn[nH]c2C2CCNCC2)cc1-c1nc2c(F)cccc2s1. The van der Waals surface area contributed by atoms with Crippen LogP contribution in [-0.4, -0.2) is 33.3 Å². The molecule has 1 fully saturated rings. The zero-order valence-corrected chi connectivity index (χ0v) is 15.9. The molecule has 5 rings (SSSR count). The van der Waals surface area contributed by atoms with Gasteiger partial charge in [-0.15, -0.1) is 11.3 Å². The van der Waals surface area contributed by atoms with Crippen molar-refractivity contribution < 1.29 is 4.39 Å². The number of piperidine rings is 1. The van der Waals surface area contributed by atoms with Gasteiger partial charge in [0.05, 0.1) is 16.5 Å². The lowest BCUT2D eigenvalue weighted by molar-refractivity contribution is 0.453. The number of nitrogens with one attached hydrogen (secondary N) is 2. The number of hydrogen-bond donors (Lipinski definition) is 3. The Labute approximate surface area is 165 Å². The summed E-state index contributed by atoms with van der Waals surface area (Å²) in [6, 6.07) is 6.95. The van der Waals surface area contributed by atoms with Gasteiger partial charge in [-0.25, -0.2) is 14.4 Å². The Morgan fingerprint density at radius 3 is 2.82 bits per heavy atom. The van der Waals surface area contributed by atoms with E-state index in [4.69, 9.17) is 5.73 Å². The third-order valence-electron chi connectivity index (χ3n) is 5.25. The highest BCUT2D eigenvalue weighted by atomic mass is 32.1. The number of thiazole rings is 1. The molecular weight excluding hydrogens is 375 g/mol. The Bertz CT molecular complexity index is 1140. The number of aromatic amines is 1. The lowest BCUT2D eigenvalue weighted by atomic mass is 9.90. The summed E-state index contributed by atoms with van der Waals surface area (Å²) in [4.78, 5) is 8.86. The number of pyridine rings is 1. The minimum Gasteiger partial charge on any atom is -0.383 e. The number of aromatic nitrogens is 4. The predicted octanol–water partition coefficient (Wildman–Crippen LogP) is 3.94. The molecule has 3 aromatic heterocycles. The third-order valence-corrected chi connectivity index (χ3v) is 6.30. The molecule has 0 saturated carbocycles. The molecule has 0 radical (unpaired) electrons. The number of rotatable bonds is 3. The number of para-hydroxylation sites is 1. The first-order valence-electron chi connectivity index (χ1n) is 9.26. The van der Waals surface area contributed by atoms with Crippen molar-refractivity contribution >= 4 is 27.4 Å². The first kappa shape index (κ1) is 17.3. The van der Waals surface area contributed by atoms with Gasteiger partial charge < -0.3 is 11.1 Å². The summed E-state index contributed by atoms with van der Waals surface area (Å²) in [5.41, 5.74) is 10.3. The number of hydrogen-bond acceptors (Lipinski definition) is 6. The zero-order valence-electron chi connectivity index (χ0n) is 15.1. The van der Waals surface area contributed by atoms with Crippen molar-refractivity contribution in [3.8, 4) is 21.7 Å². The summed E-state index contributed by atoms with van der Waals surface area (Å²) in [6.45, 7) is 2.01. The van der Waals surface area contributed by atoms with E-state index in [9.17, 15) is 4.39 Å². The standard InChI is InChI=1S/C20H19FN6S/c21-15-2-1-3-16-18(15)26-20(28-16)13-8-12(9-24-19(13)22)14-10-25-27-17(14)11-4-6-23-7-5-11/h1-3,8-11,23H,4-7H2,(H2,22,24)(H,25,27). The maximum absolute atomic E-state index is 14.1. The number of halogens is 1. The smallest absolute Gasteiger partial charge is 0.150 e. The Kier molecular flexibility index (Phi) is 4.29. The number of benzene rings is 1. The molecule has 4 aromatic rings. The predicted molar refractivity (Wildman–Crippen MR) is 110 cm³/mol. The summed E-state index contributed by atoms with van der Waals surface area (Å²) in [5.74, 6) is 0.497. The fourth-order valence-corrected chi connectivity index (χ4v) is 4.78. The monoisotopic (exact) mass is 394 g/mol. The fraction of sp³-hybridized carbons (Fsp3) is 0.250. The van der Waals surface area contributed by atoms with Crippen molar-refractivity contribution in [1.29, 1.82) is 0 Å². The van der Waals surface area contributed by atoms with Crippen molar-refractivity contribution in [3.63, 3.8) is 0 Å². The van der Waals surface area contributed by atoms with Crippen LogP contribution in [-0.2, 0) is 0 Å². The maximum atomic E-state index is 14.1. The van der Waals surface area contributed by atoms with Crippen molar-refractivity contribution in [2.45, 2.75) is 18.8 Å². The molecule has 1 saturated heterocycles. The number of H-pyrrole nitrogens is 1. The van der Waals surface area contributed by atoms with Gasteiger partial charge in [-0.1, -0.05) is 6.07 Å². The normalized spacial score (nSPS) is 15.3. The molecule has 4 heterocycles. The van der Waals surface area contributed by atoms with Crippen molar-refractivity contribution in [2.75, 3.05) is 18.8 Å². The van der Waals surface area contributed by atoms with Crippen LogP contribution in [0.1, 0.15) is 24.5 Å².